The predicted octanol–water partition coefficient (Wildman–Crippen LogP) is 2.87. The van der Waals surface area contributed by atoms with E-state index in [-0.39, 0.29) is 6.04 Å². The van der Waals surface area contributed by atoms with Crippen LogP contribution >= 0.6 is 11.3 Å². The fourth-order valence-electron chi connectivity index (χ4n) is 2.47. The van der Waals surface area contributed by atoms with E-state index in [9.17, 15) is 0 Å². The second kappa shape index (κ2) is 7.14. The topological polar surface area (TPSA) is 69.8 Å². The third kappa shape index (κ3) is 3.65. The lowest BCUT2D eigenvalue weighted by atomic mass is 10.3. The molecule has 0 aliphatic carbocycles. The molecule has 8 heteroatoms. The molecule has 3 rings (SSSR count). The number of hydrogen-bond donors (Lipinski definition) is 1. The maximum atomic E-state index is 5.19. The highest BCUT2D eigenvalue weighted by Gasteiger charge is 2.14. The summed E-state index contributed by atoms with van der Waals surface area (Å²) in [5.74, 6) is 0. The normalized spacial score (nSPS) is 12.5. The van der Waals surface area contributed by atoms with E-state index in [1.54, 1.807) is 23.1 Å². The lowest BCUT2D eigenvalue weighted by molar-refractivity contribution is 0.157. The van der Waals surface area contributed by atoms with Crippen LogP contribution in [0.1, 0.15) is 24.2 Å². The summed E-state index contributed by atoms with van der Waals surface area (Å²) in [7, 11) is 3.62. The van der Waals surface area contributed by atoms with E-state index in [0.29, 0.717) is 13.2 Å². The summed E-state index contributed by atoms with van der Waals surface area (Å²) in [6, 6.07) is 2.23. The minimum atomic E-state index is 0.208. The van der Waals surface area contributed by atoms with Crippen LogP contribution in [0.25, 0.3) is 10.6 Å². The van der Waals surface area contributed by atoms with Gasteiger partial charge in [-0.05, 0) is 19.9 Å². The molecule has 3 aromatic heterocycles. The molecule has 3 aromatic rings. The van der Waals surface area contributed by atoms with Crippen LogP contribution in [0.2, 0.25) is 0 Å². The van der Waals surface area contributed by atoms with Crippen LogP contribution in [-0.2, 0) is 18.3 Å². The first kappa shape index (κ1) is 16.7. The van der Waals surface area contributed by atoms with E-state index in [2.05, 4.69) is 27.4 Å². The number of methoxy groups -OCH3 is 1. The zero-order chi connectivity index (χ0) is 17.1. The van der Waals surface area contributed by atoms with Crippen molar-refractivity contribution in [2.45, 2.75) is 26.4 Å². The molecule has 1 unspecified atom stereocenters. The highest BCUT2D eigenvalue weighted by atomic mass is 32.1. The minimum absolute atomic E-state index is 0.208. The van der Waals surface area contributed by atoms with Gasteiger partial charge in [0.05, 0.1) is 29.4 Å². The Balaban J connectivity index is 1.71. The Morgan fingerprint density at radius 2 is 2.25 bits per heavy atom. The van der Waals surface area contributed by atoms with E-state index in [4.69, 9.17) is 4.74 Å². The molecule has 7 nitrogen and oxygen atoms in total. The Bertz CT molecular complexity index is 805. The van der Waals surface area contributed by atoms with Crippen molar-refractivity contribution >= 4 is 16.5 Å². The van der Waals surface area contributed by atoms with Crippen LogP contribution in [-0.4, -0.2) is 38.3 Å². The van der Waals surface area contributed by atoms with Gasteiger partial charge in [0, 0.05) is 38.7 Å². The van der Waals surface area contributed by atoms with Crippen molar-refractivity contribution in [1.82, 2.24) is 24.5 Å². The molecule has 0 aromatic carbocycles. The lowest BCUT2D eigenvalue weighted by Gasteiger charge is -2.09. The molecule has 0 fully saturated rings. The second-order valence-electron chi connectivity index (χ2n) is 5.79. The van der Waals surface area contributed by atoms with E-state index < -0.39 is 0 Å². The van der Waals surface area contributed by atoms with E-state index >= 15 is 0 Å². The van der Waals surface area contributed by atoms with Crippen LogP contribution in [0.3, 0.4) is 0 Å². The number of nitrogens with zero attached hydrogens (tertiary/aromatic N) is 5. The molecule has 0 bridgehead atoms. The number of nitrogens with one attached hydrogen (secondary N) is 1. The van der Waals surface area contributed by atoms with Crippen molar-refractivity contribution in [3.8, 4) is 10.6 Å². The highest BCUT2D eigenvalue weighted by molar-refractivity contribution is 7.19. The average Bonchev–Trinajstić information content (AvgIpc) is 3.25. The average molecular weight is 346 g/mol. The molecular formula is C16H22N6OS. The smallest absolute Gasteiger partial charge is 0.183 e. The van der Waals surface area contributed by atoms with Crippen LogP contribution in [0.5, 0.6) is 0 Å². The number of ether oxygens (including phenoxy) is 1. The summed E-state index contributed by atoms with van der Waals surface area (Å²) in [5.41, 5.74) is 3.06. The fraction of sp³-hybridized carbons (Fsp3) is 0.438. The predicted molar refractivity (Wildman–Crippen MR) is 95.2 cm³/mol. The van der Waals surface area contributed by atoms with Crippen molar-refractivity contribution in [3.63, 3.8) is 0 Å². The van der Waals surface area contributed by atoms with Gasteiger partial charge in [0.15, 0.2) is 5.13 Å². The maximum absolute atomic E-state index is 5.19. The summed E-state index contributed by atoms with van der Waals surface area (Å²) in [6.07, 6.45) is 5.83. The maximum Gasteiger partial charge on any atom is 0.183 e. The molecule has 0 aliphatic heterocycles. The first-order valence-electron chi connectivity index (χ1n) is 7.80. The largest absolute Gasteiger partial charge is 0.382 e. The van der Waals surface area contributed by atoms with Gasteiger partial charge in [0.25, 0.3) is 0 Å². The highest BCUT2D eigenvalue weighted by Crippen LogP contribution is 2.32. The standard InChI is InChI=1S/C16H22N6OS/c1-11(10-23-4)22-6-5-14(20-22)15-12(2)19-16(24-15)17-7-13-8-18-21(3)9-13/h5-6,8-9,11H,7,10H2,1-4H3,(H,17,19). The molecule has 3 heterocycles. The number of thiazole rings is 1. The Hall–Kier alpha value is -2.19. The lowest BCUT2D eigenvalue weighted by Crippen LogP contribution is -2.11. The third-order valence-corrected chi connectivity index (χ3v) is 4.84. The molecule has 0 radical (unpaired) electrons. The summed E-state index contributed by atoms with van der Waals surface area (Å²) >= 11 is 1.62. The fourth-order valence-corrected chi connectivity index (χ4v) is 3.40. The van der Waals surface area contributed by atoms with Gasteiger partial charge in [-0.3, -0.25) is 9.36 Å². The van der Waals surface area contributed by atoms with Gasteiger partial charge in [0.1, 0.15) is 5.69 Å². The molecule has 0 spiro atoms. The van der Waals surface area contributed by atoms with Crippen molar-refractivity contribution in [2.75, 3.05) is 19.0 Å². The van der Waals surface area contributed by atoms with Crippen LogP contribution < -0.4 is 5.32 Å². The molecular weight excluding hydrogens is 324 g/mol. The van der Waals surface area contributed by atoms with Gasteiger partial charge in [0.2, 0.25) is 0 Å². The molecule has 0 saturated carbocycles. The van der Waals surface area contributed by atoms with Gasteiger partial charge >= 0.3 is 0 Å². The van der Waals surface area contributed by atoms with Gasteiger partial charge < -0.3 is 10.1 Å². The molecule has 0 aliphatic rings. The van der Waals surface area contributed by atoms with Crippen molar-refractivity contribution in [3.05, 3.63) is 35.9 Å². The van der Waals surface area contributed by atoms with Crippen LogP contribution in [0.15, 0.2) is 24.7 Å². The zero-order valence-electron chi connectivity index (χ0n) is 14.4. The first-order chi connectivity index (χ1) is 11.6. The van der Waals surface area contributed by atoms with Crippen LogP contribution in [0, 0.1) is 6.92 Å². The summed E-state index contributed by atoms with van der Waals surface area (Å²) in [5, 5.41) is 13.1. The van der Waals surface area contributed by atoms with E-state index in [1.807, 2.05) is 43.3 Å². The number of hydrogen-bond acceptors (Lipinski definition) is 6. The summed E-state index contributed by atoms with van der Waals surface area (Å²) < 4.78 is 8.92. The van der Waals surface area contributed by atoms with Crippen LogP contribution in [0.4, 0.5) is 5.13 Å². The van der Waals surface area contributed by atoms with E-state index in [1.165, 1.54) is 0 Å². The van der Waals surface area contributed by atoms with Gasteiger partial charge in [-0.15, -0.1) is 0 Å². The van der Waals surface area contributed by atoms with Crippen molar-refractivity contribution < 1.29 is 4.74 Å². The molecule has 0 amide bonds. The van der Waals surface area contributed by atoms with Gasteiger partial charge in [-0.1, -0.05) is 11.3 Å². The number of aromatic nitrogens is 5. The minimum Gasteiger partial charge on any atom is -0.382 e. The number of aryl methyl sites for hydroxylation is 2. The van der Waals surface area contributed by atoms with E-state index in [0.717, 1.165) is 27.0 Å². The monoisotopic (exact) mass is 346 g/mol. The van der Waals surface area contributed by atoms with Crippen molar-refractivity contribution in [1.29, 1.82) is 0 Å². The molecule has 1 N–H and O–H groups in total. The van der Waals surface area contributed by atoms with Gasteiger partial charge in [-0.25, -0.2) is 4.98 Å². The molecule has 0 saturated heterocycles. The van der Waals surface area contributed by atoms with Crippen molar-refractivity contribution in [2.24, 2.45) is 7.05 Å². The molecule has 1 atom stereocenters. The Morgan fingerprint density at radius 1 is 1.42 bits per heavy atom. The molecule has 24 heavy (non-hydrogen) atoms. The quantitative estimate of drug-likeness (QED) is 0.712. The number of anilines is 1. The summed E-state index contributed by atoms with van der Waals surface area (Å²) in [4.78, 5) is 5.70. The SMILES string of the molecule is COCC(C)n1ccc(-c2sc(NCc3cnn(C)c3)nc2C)n1. The van der Waals surface area contributed by atoms with Gasteiger partial charge in [-0.2, -0.15) is 10.2 Å². The summed E-state index contributed by atoms with van der Waals surface area (Å²) in [6.45, 7) is 5.44. The zero-order valence-corrected chi connectivity index (χ0v) is 15.2. The Labute approximate surface area is 145 Å². The molecule has 128 valence electrons. The third-order valence-electron chi connectivity index (χ3n) is 3.70. The Kier molecular flexibility index (Phi) is 4.96. The Morgan fingerprint density at radius 3 is 2.96 bits per heavy atom. The first-order valence-corrected chi connectivity index (χ1v) is 8.61. The second-order valence-corrected chi connectivity index (χ2v) is 6.79. The number of rotatable bonds is 7.